The van der Waals surface area contributed by atoms with Crippen LogP contribution in [0.15, 0.2) is 74.4 Å². The number of nitrogens with zero attached hydrogens (tertiary/aromatic N) is 15. The molecule has 8 aromatic rings. The molecule has 26 nitrogen and oxygen atoms in total. The second kappa shape index (κ2) is 26.7. The van der Waals surface area contributed by atoms with E-state index < -0.39 is 18.8 Å². The number of halogens is 1. The Labute approximate surface area is 554 Å². The maximum Gasteiger partial charge on any atom is 0.410 e. The lowest BCUT2D eigenvalue weighted by Crippen LogP contribution is -2.37. The van der Waals surface area contributed by atoms with Crippen LogP contribution in [-0.4, -0.2) is 226 Å². The lowest BCUT2D eigenvalue weighted by atomic mass is 9.83. The third-order valence-electron chi connectivity index (χ3n) is 22.3. The molecule has 3 amide bonds. The predicted octanol–water partition coefficient (Wildman–Crippen LogP) is 6.88. The van der Waals surface area contributed by atoms with E-state index in [4.69, 9.17) is 14.9 Å². The zero-order chi connectivity index (χ0) is 65.1. The number of aliphatic hydroxyl groups is 2. The van der Waals surface area contributed by atoms with Gasteiger partial charge in [-0.05, 0) is 156 Å². The van der Waals surface area contributed by atoms with Crippen molar-refractivity contribution in [2.75, 3.05) is 113 Å². The number of aromatic nitrogens is 12. The summed E-state index contributed by atoms with van der Waals surface area (Å²) in [5.74, 6) is 7.39. The van der Waals surface area contributed by atoms with Crippen molar-refractivity contribution in [1.29, 1.82) is 0 Å². The molecule has 16 rings (SSSR count). The van der Waals surface area contributed by atoms with Crippen LogP contribution in [0.4, 0.5) is 28.1 Å². The van der Waals surface area contributed by atoms with Gasteiger partial charge in [0.25, 0.3) is 0 Å². The second-order valence-corrected chi connectivity index (χ2v) is 29.3. The third kappa shape index (κ3) is 13.0. The largest absolute Gasteiger partial charge is 0.444 e. The Morgan fingerprint density at radius 3 is 1.15 bits per heavy atom. The van der Waals surface area contributed by atoms with Gasteiger partial charge >= 0.3 is 6.09 Å². The van der Waals surface area contributed by atoms with Crippen LogP contribution < -0.4 is 24.9 Å². The van der Waals surface area contributed by atoms with Gasteiger partial charge in [0.2, 0.25) is 11.8 Å². The summed E-state index contributed by atoms with van der Waals surface area (Å²) in [7, 11) is 8.49. The lowest BCUT2D eigenvalue weighted by Gasteiger charge is -2.29. The number of aliphatic hydroxyl groups excluding tert-OH is 2. The molecular weight excluding hydrogens is 1220 g/mol. The minimum absolute atomic E-state index is 0. The zero-order valence-corrected chi connectivity index (χ0v) is 56.4. The van der Waals surface area contributed by atoms with E-state index in [2.05, 4.69) is 133 Å². The van der Waals surface area contributed by atoms with Gasteiger partial charge in [0.1, 0.15) is 90.0 Å². The van der Waals surface area contributed by atoms with Crippen molar-refractivity contribution < 1.29 is 29.3 Å². The molecule has 8 fully saturated rings. The Morgan fingerprint density at radius 1 is 0.500 bits per heavy atom. The predicted molar refractivity (Wildman–Crippen MR) is 364 cm³/mol. The van der Waals surface area contributed by atoms with E-state index in [9.17, 15) is 14.4 Å². The molecule has 94 heavy (non-hydrogen) atoms. The molecule has 8 aliphatic rings. The highest BCUT2D eigenvalue weighted by atomic mass is 35.5. The van der Waals surface area contributed by atoms with Crippen molar-refractivity contribution in [3.05, 3.63) is 74.4 Å². The molecule has 504 valence electrons. The van der Waals surface area contributed by atoms with Crippen LogP contribution in [0, 0.1) is 46.3 Å². The van der Waals surface area contributed by atoms with Gasteiger partial charge in [-0.3, -0.25) is 9.59 Å². The average Bonchev–Trinajstić information content (AvgIpc) is 1.62. The Morgan fingerprint density at radius 2 is 0.830 bits per heavy atom. The smallest absolute Gasteiger partial charge is 0.410 e. The SMILES string of the molecule is CN(c1ncnc2[nH]ccc12)C1C[C@@H]2CN(C(=O)OC(C)(C)C)C[C@@H]2C1.CN(c1ncnc2[nH]ccc12)C1C[C@H]2CNC[C@H]2C1.CN(c1ncnc2[nH]ccc12)[C@H]1C[C@@H]2CN(C(=O)CO)C[C@]2(C)C1.CN(c1ncnc2[nH]ccc12)[C@H]1C[C@@H]2CN(C(=O)CO)C[C@]2(C)C1.Cl. The highest BCUT2D eigenvalue weighted by Gasteiger charge is 2.53. The maximum atomic E-state index is 12.3. The maximum absolute atomic E-state index is 12.3. The minimum Gasteiger partial charge on any atom is -0.444 e. The molecule has 4 saturated heterocycles. The van der Waals surface area contributed by atoms with Gasteiger partial charge in [-0.1, -0.05) is 13.8 Å². The van der Waals surface area contributed by atoms with Crippen molar-refractivity contribution in [3.8, 4) is 0 Å². The number of fused-ring (bicyclic) bond motifs is 8. The number of amides is 3. The Hall–Kier alpha value is -7.94. The molecule has 4 saturated carbocycles. The Balaban J connectivity index is 0.000000120. The number of ether oxygens (including phenoxy) is 1. The standard InChI is InChI=1S/C19H27N5O2.2C17H23N5O2.C14H19N5.ClH/c1-19(2,3)26-18(25)24-9-12-7-14(8-13(12)10-24)23(4)17-15-5-6-20-16(15)21-11-22-17;2*1-17-6-12(5-11(17)7-22(9-17)14(24)8-23)21(2)16-13-3-4-18-15(13)19-10-20-16;1-19(11-4-9-6-15-7-10(9)5-11)14-12-2-3-16-13(12)17-8-18-14;/h5-6,11-14H,7-10H2,1-4H3,(H,20,21,22);2*3-4,10-12,23H,5-9H2,1-2H3,(H,18,19,20);2-3,8-11,15H,4-7H2,1H3,(H,16,17,18);1H/t12-,13+,14?;2*11-,12+,17+;9-,10+,11?;/m.11../s1. The van der Waals surface area contributed by atoms with E-state index in [1.165, 1.54) is 25.9 Å². The molecule has 0 aromatic carbocycles. The van der Waals surface area contributed by atoms with Crippen LogP contribution in [-0.2, 0) is 14.3 Å². The van der Waals surface area contributed by atoms with E-state index in [1.807, 2.05) is 78.5 Å². The highest BCUT2D eigenvalue weighted by Crippen LogP contribution is 2.52. The fourth-order valence-electron chi connectivity index (χ4n) is 17.2. The topological polar surface area (TPSA) is 302 Å². The molecule has 4 aliphatic heterocycles. The number of rotatable bonds is 10. The lowest BCUT2D eigenvalue weighted by molar-refractivity contribution is -0.134. The molecule has 12 heterocycles. The molecule has 7 N–H and O–H groups in total. The fraction of sp³-hybridized carbons (Fsp3) is 0.597. The fourth-order valence-corrected chi connectivity index (χ4v) is 17.2. The average molecular weight is 1310 g/mol. The number of carbonyl (C=O) groups is 3. The van der Waals surface area contributed by atoms with Gasteiger partial charge in [0.15, 0.2) is 0 Å². The number of carbonyl (C=O) groups excluding carboxylic acids is 3. The Kier molecular flexibility index (Phi) is 18.8. The zero-order valence-electron chi connectivity index (χ0n) is 55.6. The van der Waals surface area contributed by atoms with Crippen LogP contribution >= 0.6 is 12.4 Å². The number of hydrogen-bond acceptors (Lipinski definition) is 19. The first-order valence-electron chi connectivity index (χ1n) is 33.2. The summed E-state index contributed by atoms with van der Waals surface area (Å²) in [5, 5.41) is 26.0. The molecule has 0 bridgehead atoms. The van der Waals surface area contributed by atoms with Crippen molar-refractivity contribution in [3.63, 3.8) is 0 Å². The van der Waals surface area contributed by atoms with Gasteiger partial charge in [-0.15, -0.1) is 12.4 Å². The number of anilines is 4. The number of hydrogen-bond donors (Lipinski definition) is 7. The molecule has 0 radical (unpaired) electrons. The van der Waals surface area contributed by atoms with Gasteiger partial charge in [0.05, 0.1) is 21.5 Å². The number of nitrogens with one attached hydrogen (secondary N) is 5. The molecule has 2 unspecified atom stereocenters. The van der Waals surface area contributed by atoms with E-state index in [0.717, 1.165) is 157 Å². The number of likely N-dealkylation sites (tertiary alicyclic amines) is 3. The first-order valence-corrected chi connectivity index (χ1v) is 33.2. The van der Waals surface area contributed by atoms with Crippen LogP contribution in [0.3, 0.4) is 0 Å². The van der Waals surface area contributed by atoms with Gasteiger partial charge in [-0.2, -0.15) is 0 Å². The first-order chi connectivity index (χ1) is 44.7. The summed E-state index contributed by atoms with van der Waals surface area (Å²) >= 11 is 0. The van der Waals surface area contributed by atoms with E-state index in [1.54, 1.807) is 25.3 Å². The van der Waals surface area contributed by atoms with Crippen molar-refractivity contribution in [2.24, 2.45) is 46.3 Å². The summed E-state index contributed by atoms with van der Waals surface area (Å²) < 4.78 is 5.53. The van der Waals surface area contributed by atoms with Crippen LogP contribution in [0.25, 0.3) is 44.1 Å². The summed E-state index contributed by atoms with van der Waals surface area (Å²) in [6.45, 7) is 16.5. The van der Waals surface area contributed by atoms with Gasteiger partial charge in [-0.25, -0.2) is 44.7 Å². The van der Waals surface area contributed by atoms with Crippen molar-refractivity contribution in [2.45, 2.75) is 116 Å². The van der Waals surface area contributed by atoms with Crippen LogP contribution in [0.1, 0.15) is 86.0 Å². The highest BCUT2D eigenvalue weighted by molar-refractivity contribution is 5.90. The summed E-state index contributed by atoms with van der Waals surface area (Å²) in [5.41, 5.74) is 3.31. The van der Waals surface area contributed by atoms with Crippen LogP contribution in [0.5, 0.6) is 0 Å². The molecule has 4 aliphatic carbocycles. The van der Waals surface area contributed by atoms with E-state index in [-0.39, 0.29) is 41.1 Å². The summed E-state index contributed by atoms with van der Waals surface area (Å²) in [6, 6.07) is 9.99. The minimum atomic E-state index is -0.438. The third-order valence-corrected chi connectivity index (χ3v) is 22.3. The molecular formula is C67H93ClN20O6. The van der Waals surface area contributed by atoms with E-state index in [0.29, 0.717) is 47.8 Å². The quantitative estimate of drug-likeness (QED) is 0.0734. The monoisotopic (exact) mass is 1310 g/mol. The van der Waals surface area contributed by atoms with Crippen molar-refractivity contribution >= 4 is 97.7 Å². The molecule has 0 spiro atoms. The van der Waals surface area contributed by atoms with Gasteiger partial charge in [0, 0.05) is 116 Å². The normalized spacial score (nSPS) is 28.0. The van der Waals surface area contributed by atoms with Gasteiger partial charge < -0.3 is 74.5 Å². The first kappa shape index (κ1) is 66.1. The number of H-pyrrole nitrogens is 4. The van der Waals surface area contributed by atoms with E-state index >= 15 is 0 Å². The van der Waals surface area contributed by atoms with Crippen LogP contribution in [0.2, 0.25) is 0 Å². The Bertz CT molecular complexity index is 3810. The molecule has 27 heteroatoms. The second-order valence-electron chi connectivity index (χ2n) is 29.3. The summed E-state index contributed by atoms with van der Waals surface area (Å²) in [4.78, 5) is 98.2. The summed E-state index contributed by atoms with van der Waals surface area (Å²) in [6.07, 6.45) is 22.8. The number of aromatic amines is 4. The van der Waals surface area contributed by atoms with Crippen molar-refractivity contribution in [1.82, 2.24) is 79.8 Å². The molecule has 12 atom stereocenters. The molecule has 8 aromatic heterocycles.